The van der Waals surface area contributed by atoms with Gasteiger partial charge in [-0.2, -0.15) is 0 Å². The Morgan fingerprint density at radius 1 is 0.111 bits per heavy atom. The SMILES string of the molecule is c1cnccn1.c1cnccn1.c1cnccn1.c1cnccn1.c1cnccn1.c1cnccn1. The predicted octanol–water partition coefficient (Wildman–Crippen LogP) is 2.86. The minimum Gasteiger partial charge on any atom is -0.262 e. The second kappa shape index (κ2) is 25.7. The molecule has 0 radical (unpaired) electrons. The third-order valence-corrected chi connectivity index (χ3v) is 2.87. The maximum Gasteiger partial charge on any atom is 0.0451 e. The zero-order valence-electron chi connectivity index (χ0n) is 19.2. The van der Waals surface area contributed by atoms with Gasteiger partial charge in [0.05, 0.1) is 0 Å². The van der Waals surface area contributed by atoms with Gasteiger partial charge in [-0.3, -0.25) is 59.8 Å². The first-order valence-electron chi connectivity index (χ1n) is 10.2. The van der Waals surface area contributed by atoms with Gasteiger partial charge in [0.15, 0.2) is 0 Å². The third kappa shape index (κ3) is 23.1. The Kier molecular flexibility index (Phi) is 20.4. The summed E-state index contributed by atoms with van der Waals surface area (Å²) in [6.45, 7) is 0. The fourth-order valence-corrected chi connectivity index (χ4v) is 1.52. The van der Waals surface area contributed by atoms with E-state index >= 15 is 0 Å². The zero-order valence-corrected chi connectivity index (χ0v) is 19.2. The van der Waals surface area contributed by atoms with E-state index in [-0.39, 0.29) is 0 Å². The van der Waals surface area contributed by atoms with Gasteiger partial charge in [-0.25, -0.2) is 0 Å². The van der Waals surface area contributed by atoms with Crippen molar-refractivity contribution >= 4 is 0 Å². The Bertz CT molecular complexity index is 709. The summed E-state index contributed by atoms with van der Waals surface area (Å²) >= 11 is 0. The maximum absolute atomic E-state index is 3.72. The van der Waals surface area contributed by atoms with Crippen LogP contribution in [0, 0.1) is 0 Å². The van der Waals surface area contributed by atoms with E-state index in [1.165, 1.54) is 0 Å². The molecule has 0 spiro atoms. The maximum atomic E-state index is 3.72. The van der Waals surface area contributed by atoms with Gasteiger partial charge in [0.2, 0.25) is 0 Å². The molecule has 180 valence electrons. The van der Waals surface area contributed by atoms with Crippen LogP contribution >= 0.6 is 0 Å². The highest BCUT2D eigenvalue weighted by atomic mass is 14.7. The van der Waals surface area contributed by atoms with E-state index < -0.39 is 0 Å². The van der Waals surface area contributed by atoms with Crippen molar-refractivity contribution in [2.24, 2.45) is 0 Å². The zero-order chi connectivity index (χ0) is 25.5. The molecule has 36 heavy (non-hydrogen) atoms. The number of hydrogen-bond donors (Lipinski definition) is 0. The highest BCUT2D eigenvalue weighted by Gasteiger charge is 1.62. The van der Waals surface area contributed by atoms with Gasteiger partial charge in [-0.15, -0.1) is 0 Å². The van der Waals surface area contributed by atoms with E-state index in [9.17, 15) is 0 Å². The summed E-state index contributed by atoms with van der Waals surface area (Å²) in [5.41, 5.74) is 0. The lowest BCUT2D eigenvalue weighted by Gasteiger charge is -1.70. The van der Waals surface area contributed by atoms with Crippen LogP contribution in [0.15, 0.2) is 149 Å². The van der Waals surface area contributed by atoms with E-state index in [1.807, 2.05) is 0 Å². The molecule has 0 unspecified atom stereocenters. The summed E-state index contributed by atoms with van der Waals surface area (Å²) in [5, 5.41) is 0. The minimum atomic E-state index is 1.64. The molecule has 0 fully saturated rings. The monoisotopic (exact) mass is 480 g/mol. The van der Waals surface area contributed by atoms with Crippen LogP contribution in [0.2, 0.25) is 0 Å². The molecule has 0 atom stereocenters. The number of aromatic nitrogens is 12. The molecule has 0 amide bonds. The molecule has 6 heterocycles. The number of rotatable bonds is 0. The Labute approximate surface area is 208 Å². The molecule has 0 N–H and O–H groups in total. The smallest absolute Gasteiger partial charge is 0.0451 e. The molecule has 6 aromatic heterocycles. The van der Waals surface area contributed by atoms with Crippen LogP contribution in [0.5, 0.6) is 0 Å². The standard InChI is InChI=1S/6C4H4N2/c6*1-2-6-4-3-5-1/h6*1-4H. The van der Waals surface area contributed by atoms with Crippen molar-refractivity contribution in [2.45, 2.75) is 0 Å². The van der Waals surface area contributed by atoms with E-state index in [4.69, 9.17) is 0 Å². The summed E-state index contributed by atoms with van der Waals surface area (Å²) < 4.78 is 0. The lowest BCUT2D eigenvalue weighted by molar-refractivity contribution is 1.20. The van der Waals surface area contributed by atoms with Crippen molar-refractivity contribution in [3.63, 3.8) is 0 Å². The number of hydrogen-bond acceptors (Lipinski definition) is 12. The van der Waals surface area contributed by atoms with Gasteiger partial charge < -0.3 is 0 Å². The normalized spacial score (nSPS) is 8.00. The molecule has 0 bridgehead atoms. The Balaban J connectivity index is 0.000000216. The van der Waals surface area contributed by atoms with Crippen LogP contribution < -0.4 is 0 Å². The van der Waals surface area contributed by atoms with E-state index in [0.29, 0.717) is 0 Å². The van der Waals surface area contributed by atoms with Crippen LogP contribution in [0.3, 0.4) is 0 Å². The quantitative estimate of drug-likeness (QED) is 0.314. The van der Waals surface area contributed by atoms with Gasteiger partial charge in [-0.1, -0.05) is 0 Å². The van der Waals surface area contributed by atoms with Crippen molar-refractivity contribution in [1.29, 1.82) is 0 Å². The molecule has 12 nitrogen and oxygen atoms in total. The van der Waals surface area contributed by atoms with Crippen LogP contribution in [0.4, 0.5) is 0 Å². The average molecular weight is 481 g/mol. The largest absolute Gasteiger partial charge is 0.262 e. The van der Waals surface area contributed by atoms with Crippen molar-refractivity contribution in [3.8, 4) is 0 Å². The molecule has 0 saturated heterocycles. The summed E-state index contributed by atoms with van der Waals surface area (Å²) in [6.07, 6.45) is 39.3. The lowest BCUT2D eigenvalue weighted by atomic mass is 10.8. The van der Waals surface area contributed by atoms with E-state index in [0.717, 1.165) is 0 Å². The van der Waals surface area contributed by atoms with Gasteiger partial charge in [0.25, 0.3) is 0 Å². The highest BCUT2D eigenvalue weighted by molar-refractivity contribution is 4.73. The molecular weight excluding hydrogens is 456 g/mol. The first-order chi connectivity index (χ1) is 18.0. The minimum absolute atomic E-state index is 1.64. The van der Waals surface area contributed by atoms with Crippen LogP contribution in [-0.2, 0) is 0 Å². The van der Waals surface area contributed by atoms with Crippen molar-refractivity contribution < 1.29 is 0 Å². The van der Waals surface area contributed by atoms with Crippen molar-refractivity contribution in [1.82, 2.24) is 59.8 Å². The molecule has 0 aromatic carbocycles. The topological polar surface area (TPSA) is 155 Å². The molecule has 0 aliphatic heterocycles. The van der Waals surface area contributed by atoms with Crippen molar-refractivity contribution in [2.75, 3.05) is 0 Å². The van der Waals surface area contributed by atoms with Gasteiger partial charge in [-0.05, 0) is 0 Å². The van der Waals surface area contributed by atoms with Crippen LogP contribution in [-0.4, -0.2) is 59.8 Å². The first kappa shape index (κ1) is 28.5. The second-order valence-electron chi connectivity index (χ2n) is 5.37. The Morgan fingerprint density at radius 2 is 0.167 bits per heavy atom. The summed E-state index contributed by atoms with van der Waals surface area (Å²) in [7, 11) is 0. The molecule has 12 heteroatoms. The average Bonchev–Trinajstić information content (AvgIpc) is 3.04. The van der Waals surface area contributed by atoms with Crippen LogP contribution in [0.1, 0.15) is 0 Å². The van der Waals surface area contributed by atoms with Crippen molar-refractivity contribution in [3.05, 3.63) is 149 Å². The highest BCUT2D eigenvalue weighted by Crippen LogP contribution is 1.68. The van der Waals surface area contributed by atoms with Gasteiger partial charge >= 0.3 is 0 Å². The molecule has 6 aromatic rings. The van der Waals surface area contributed by atoms with Crippen LogP contribution in [0.25, 0.3) is 0 Å². The first-order valence-corrected chi connectivity index (χ1v) is 10.2. The predicted molar refractivity (Wildman–Crippen MR) is 132 cm³/mol. The Hall–Kier alpha value is -5.52. The summed E-state index contributed by atoms with van der Waals surface area (Å²) in [4.78, 5) is 44.7. The van der Waals surface area contributed by atoms with Gasteiger partial charge in [0.1, 0.15) is 0 Å². The molecule has 0 aliphatic carbocycles. The summed E-state index contributed by atoms with van der Waals surface area (Å²) in [6, 6.07) is 0. The molecular formula is C24H24N12. The molecule has 0 aliphatic rings. The fraction of sp³-hybridized carbons (Fsp3) is 0. The van der Waals surface area contributed by atoms with Gasteiger partial charge in [0, 0.05) is 149 Å². The molecule has 0 saturated carbocycles. The number of nitrogens with zero attached hydrogens (tertiary/aromatic N) is 12. The van der Waals surface area contributed by atoms with E-state index in [2.05, 4.69) is 59.8 Å². The fourth-order valence-electron chi connectivity index (χ4n) is 1.52. The lowest BCUT2D eigenvalue weighted by Crippen LogP contribution is -1.66. The third-order valence-electron chi connectivity index (χ3n) is 2.87. The second-order valence-corrected chi connectivity index (χ2v) is 5.37. The van der Waals surface area contributed by atoms with E-state index in [1.54, 1.807) is 149 Å². The Morgan fingerprint density at radius 3 is 0.194 bits per heavy atom. The molecule has 6 rings (SSSR count). The summed E-state index contributed by atoms with van der Waals surface area (Å²) in [5.74, 6) is 0.